The van der Waals surface area contributed by atoms with E-state index in [0.29, 0.717) is 35.2 Å². The Balaban J connectivity index is 2.29. The lowest BCUT2D eigenvalue weighted by atomic mass is 10.2. The van der Waals surface area contributed by atoms with Gasteiger partial charge in [-0.3, -0.25) is 0 Å². The summed E-state index contributed by atoms with van der Waals surface area (Å²) < 4.78 is 5.09. The number of hydrogen-bond acceptors (Lipinski definition) is 4. The van der Waals surface area contributed by atoms with E-state index >= 15 is 0 Å². The molecule has 14 heavy (non-hydrogen) atoms. The highest BCUT2D eigenvalue weighted by atomic mass is 35.5. The summed E-state index contributed by atoms with van der Waals surface area (Å²) >= 11 is 11.9. The molecule has 76 valence electrons. The van der Waals surface area contributed by atoms with Crippen LogP contribution in [0.2, 0.25) is 10.3 Å². The van der Waals surface area contributed by atoms with E-state index in [-0.39, 0.29) is 0 Å². The first kappa shape index (κ1) is 9.96. The molecular weight excluding hydrogens is 225 g/mol. The Kier molecular flexibility index (Phi) is 2.76. The zero-order valence-corrected chi connectivity index (χ0v) is 9.09. The van der Waals surface area contributed by atoms with Gasteiger partial charge in [0, 0.05) is 7.05 Å². The molecule has 0 atom stereocenters. The van der Waals surface area contributed by atoms with Gasteiger partial charge in [-0.05, 0) is 0 Å². The van der Waals surface area contributed by atoms with Crippen molar-refractivity contribution in [2.24, 2.45) is 0 Å². The van der Waals surface area contributed by atoms with Gasteiger partial charge in [-0.15, -0.1) is 0 Å². The molecule has 1 fully saturated rings. The molecule has 1 aromatic rings. The largest absolute Gasteiger partial charge is 0.377 e. The second kappa shape index (κ2) is 3.88. The molecule has 6 heteroatoms. The van der Waals surface area contributed by atoms with E-state index in [9.17, 15) is 0 Å². The van der Waals surface area contributed by atoms with Crippen molar-refractivity contribution in [2.45, 2.75) is 6.04 Å². The van der Waals surface area contributed by atoms with Crippen molar-refractivity contribution in [1.29, 1.82) is 0 Å². The molecule has 0 amide bonds. The maximum Gasteiger partial charge on any atom is 0.157 e. The van der Waals surface area contributed by atoms with E-state index in [4.69, 9.17) is 27.9 Å². The average Bonchev–Trinajstić information content (AvgIpc) is 2.00. The summed E-state index contributed by atoms with van der Waals surface area (Å²) in [5.41, 5.74) is 0.670. The van der Waals surface area contributed by atoms with E-state index in [0.717, 1.165) is 0 Å². The molecule has 0 radical (unpaired) electrons. The Morgan fingerprint density at radius 1 is 1.36 bits per heavy atom. The molecule has 0 spiro atoms. The van der Waals surface area contributed by atoms with E-state index in [1.54, 1.807) is 0 Å². The lowest BCUT2D eigenvalue weighted by molar-refractivity contribution is 0.0101. The minimum absolute atomic E-state index is 0.316. The first-order valence-electron chi connectivity index (χ1n) is 4.16. The predicted molar refractivity (Wildman–Crippen MR) is 55.1 cm³/mol. The predicted octanol–water partition coefficient (Wildman–Crippen LogP) is 1.62. The van der Waals surface area contributed by atoms with Crippen LogP contribution in [0.5, 0.6) is 0 Å². The molecule has 0 bridgehead atoms. The van der Waals surface area contributed by atoms with Gasteiger partial charge in [0.05, 0.1) is 19.3 Å². The van der Waals surface area contributed by atoms with Gasteiger partial charge in [-0.25, -0.2) is 9.97 Å². The van der Waals surface area contributed by atoms with Crippen LogP contribution >= 0.6 is 23.2 Å². The molecule has 1 aliphatic heterocycles. The molecule has 1 saturated heterocycles. The quantitative estimate of drug-likeness (QED) is 0.729. The molecule has 2 rings (SSSR count). The minimum Gasteiger partial charge on any atom is -0.377 e. The lowest BCUT2D eigenvalue weighted by Gasteiger charge is -2.36. The SMILES string of the molecule is CN(c1c(Cl)ncnc1Cl)C1COC1. The Hall–Kier alpha value is -0.580. The highest BCUT2D eigenvalue weighted by Gasteiger charge is 2.26. The van der Waals surface area contributed by atoms with Gasteiger partial charge >= 0.3 is 0 Å². The van der Waals surface area contributed by atoms with Crippen molar-refractivity contribution >= 4 is 28.9 Å². The van der Waals surface area contributed by atoms with Crippen LogP contribution in [0.3, 0.4) is 0 Å². The molecule has 1 aromatic heterocycles. The maximum absolute atomic E-state index is 5.93. The van der Waals surface area contributed by atoms with Gasteiger partial charge in [-0.1, -0.05) is 23.2 Å². The third-order valence-electron chi connectivity index (χ3n) is 2.25. The Bertz CT molecular complexity index is 323. The topological polar surface area (TPSA) is 38.2 Å². The van der Waals surface area contributed by atoms with Crippen molar-refractivity contribution in [1.82, 2.24) is 9.97 Å². The van der Waals surface area contributed by atoms with Crippen molar-refractivity contribution in [3.63, 3.8) is 0 Å². The van der Waals surface area contributed by atoms with Gasteiger partial charge in [0.15, 0.2) is 10.3 Å². The van der Waals surface area contributed by atoms with Crippen LogP contribution in [-0.2, 0) is 4.74 Å². The number of hydrogen-bond donors (Lipinski definition) is 0. The number of aromatic nitrogens is 2. The molecular formula is C8H9Cl2N3O. The molecule has 1 aliphatic rings. The Labute approximate surface area is 91.8 Å². The third-order valence-corrected chi connectivity index (χ3v) is 2.81. The minimum atomic E-state index is 0.316. The number of likely N-dealkylation sites (N-methyl/N-ethyl adjacent to an activating group) is 1. The van der Waals surface area contributed by atoms with E-state index < -0.39 is 0 Å². The van der Waals surface area contributed by atoms with Gasteiger partial charge in [-0.2, -0.15) is 0 Å². The fourth-order valence-corrected chi connectivity index (χ4v) is 1.84. The first-order valence-corrected chi connectivity index (χ1v) is 4.92. The highest BCUT2D eigenvalue weighted by Crippen LogP contribution is 2.31. The van der Waals surface area contributed by atoms with Crippen molar-refractivity contribution in [2.75, 3.05) is 25.2 Å². The van der Waals surface area contributed by atoms with Gasteiger partial charge in [0.2, 0.25) is 0 Å². The first-order chi connectivity index (χ1) is 6.70. The summed E-state index contributed by atoms with van der Waals surface area (Å²) in [6.45, 7) is 1.39. The monoisotopic (exact) mass is 233 g/mol. The number of rotatable bonds is 2. The van der Waals surface area contributed by atoms with E-state index in [1.807, 2.05) is 11.9 Å². The van der Waals surface area contributed by atoms with Crippen LogP contribution in [0.1, 0.15) is 0 Å². The fraction of sp³-hybridized carbons (Fsp3) is 0.500. The number of halogens is 2. The van der Waals surface area contributed by atoms with Gasteiger partial charge < -0.3 is 9.64 Å². The van der Waals surface area contributed by atoms with Gasteiger partial charge in [0.1, 0.15) is 12.0 Å². The summed E-state index contributed by atoms with van der Waals surface area (Å²) in [7, 11) is 1.91. The van der Waals surface area contributed by atoms with E-state index in [2.05, 4.69) is 9.97 Å². The maximum atomic E-state index is 5.93. The van der Waals surface area contributed by atoms with Crippen molar-refractivity contribution in [3.05, 3.63) is 16.6 Å². The fourth-order valence-electron chi connectivity index (χ4n) is 1.26. The summed E-state index contributed by atoms with van der Waals surface area (Å²) in [4.78, 5) is 9.73. The molecule has 0 unspecified atom stereocenters. The summed E-state index contributed by atoms with van der Waals surface area (Å²) in [6, 6.07) is 0.316. The standard InChI is InChI=1S/C8H9Cl2N3O/c1-13(5-2-14-3-5)6-7(9)11-4-12-8(6)10/h4-5H,2-3H2,1H3. The third kappa shape index (κ3) is 1.65. The van der Waals surface area contributed by atoms with Crippen molar-refractivity contribution in [3.8, 4) is 0 Å². The van der Waals surface area contributed by atoms with Crippen molar-refractivity contribution < 1.29 is 4.74 Å². The summed E-state index contributed by atoms with van der Waals surface area (Å²) in [6.07, 6.45) is 1.35. The van der Waals surface area contributed by atoms with Crippen LogP contribution in [0.15, 0.2) is 6.33 Å². The van der Waals surface area contributed by atoms with Crippen LogP contribution < -0.4 is 4.90 Å². The summed E-state index contributed by atoms with van der Waals surface area (Å²) in [5, 5.41) is 0.749. The second-order valence-electron chi connectivity index (χ2n) is 3.11. The van der Waals surface area contributed by atoms with Crippen LogP contribution in [0, 0.1) is 0 Å². The average molecular weight is 234 g/mol. The molecule has 2 heterocycles. The molecule has 4 nitrogen and oxygen atoms in total. The Morgan fingerprint density at radius 3 is 2.36 bits per heavy atom. The Morgan fingerprint density at radius 2 is 1.93 bits per heavy atom. The highest BCUT2D eigenvalue weighted by molar-refractivity contribution is 6.37. The zero-order valence-electron chi connectivity index (χ0n) is 7.57. The van der Waals surface area contributed by atoms with Crippen LogP contribution in [0.25, 0.3) is 0 Å². The number of anilines is 1. The zero-order chi connectivity index (χ0) is 10.1. The summed E-state index contributed by atoms with van der Waals surface area (Å²) in [5.74, 6) is 0. The molecule has 0 saturated carbocycles. The number of nitrogens with zero attached hydrogens (tertiary/aromatic N) is 3. The number of ether oxygens (including phenoxy) is 1. The van der Waals surface area contributed by atoms with Crippen LogP contribution in [-0.4, -0.2) is 36.3 Å². The molecule has 0 aliphatic carbocycles. The smallest absolute Gasteiger partial charge is 0.157 e. The molecule has 0 aromatic carbocycles. The molecule has 0 N–H and O–H groups in total. The van der Waals surface area contributed by atoms with Gasteiger partial charge in [0.25, 0.3) is 0 Å². The normalized spacial score (nSPS) is 16.5. The lowest BCUT2D eigenvalue weighted by Crippen LogP contribution is -2.47. The van der Waals surface area contributed by atoms with E-state index in [1.165, 1.54) is 6.33 Å². The van der Waals surface area contributed by atoms with Crippen LogP contribution in [0.4, 0.5) is 5.69 Å². The second-order valence-corrected chi connectivity index (χ2v) is 3.82.